The molecule has 2 fully saturated rings. The number of phenolic OH excluding ortho intramolecular Hbond substituents is 1. The van der Waals surface area contributed by atoms with Gasteiger partial charge < -0.3 is 5.11 Å². The topological polar surface area (TPSA) is 20.2 Å². The summed E-state index contributed by atoms with van der Waals surface area (Å²) in [5.74, 6) is 5.13. The number of aromatic hydroxyl groups is 1. The average molecular weight is 278 g/mol. The summed E-state index contributed by atoms with van der Waals surface area (Å²) in [4.78, 5) is 0. The first-order valence-corrected chi connectivity index (χ1v) is 8.11. The molecule has 0 saturated heterocycles. The summed E-state index contributed by atoms with van der Waals surface area (Å²) in [5.41, 5.74) is 4.70. The van der Waals surface area contributed by atoms with Gasteiger partial charge in [-0.25, -0.2) is 0 Å². The fraction of sp³-hybridized carbons (Fsp3) is 0.500. The van der Waals surface area contributed by atoms with E-state index < -0.39 is 0 Å². The largest absolute Gasteiger partial charge is 0.508 e. The van der Waals surface area contributed by atoms with Gasteiger partial charge in [-0.15, -0.1) is 12.3 Å². The molecule has 1 nitrogen and oxygen atoms in total. The Morgan fingerprint density at radius 3 is 2.95 bits per heavy atom. The lowest BCUT2D eigenvalue weighted by molar-refractivity contribution is 0.156. The number of phenols is 1. The van der Waals surface area contributed by atoms with E-state index in [-0.39, 0.29) is 0 Å². The minimum Gasteiger partial charge on any atom is -0.508 e. The van der Waals surface area contributed by atoms with Crippen molar-refractivity contribution in [2.45, 2.75) is 44.9 Å². The summed E-state index contributed by atoms with van der Waals surface area (Å²) in [7, 11) is 0. The van der Waals surface area contributed by atoms with Crippen LogP contribution < -0.4 is 0 Å². The molecule has 4 rings (SSSR count). The molecule has 1 aromatic rings. The highest BCUT2D eigenvalue weighted by Gasteiger charge is 2.51. The van der Waals surface area contributed by atoms with E-state index in [2.05, 4.69) is 25.0 Å². The zero-order valence-electron chi connectivity index (χ0n) is 12.6. The van der Waals surface area contributed by atoms with Gasteiger partial charge in [-0.1, -0.05) is 24.6 Å². The molecule has 0 spiro atoms. The molecule has 0 heterocycles. The van der Waals surface area contributed by atoms with Gasteiger partial charge in [0.1, 0.15) is 5.75 Å². The van der Waals surface area contributed by atoms with Crippen molar-refractivity contribution in [2.75, 3.05) is 0 Å². The second-order valence-corrected chi connectivity index (χ2v) is 7.24. The Bertz CT molecular complexity index is 663. The highest BCUT2D eigenvalue weighted by Crippen LogP contribution is 2.61. The SMILES string of the molecule is C#C[C@H]1CCC2C3=CCc4cc(O)ccc4C3CC[C@@]21C. The molecule has 2 unspecified atom stereocenters. The zero-order valence-corrected chi connectivity index (χ0v) is 12.6. The van der Waals surface area contributed by atoms with E-state index in [1.165, 1.54) is 36.8 Å². The summed E-state index contributed by atoms with van der Waals surface area (Å²) in [6.45, 7) is 2.42. The van der Waals surface area contributed by atoms with Crippen molar-refractivity contribution in [3.63, 3.8) is 0 Å². The van der Waals surface area contributed by atoms with Gasteiger partial charge in [0.2, 0.25) is 0 Å². The molecule has 0 aromatic heterocycles. The minimum absolute atomic E-state index is 0.311. The lowest BCUT2D eigenvalue weighted by Gasteiger charge is -2.46. The van der Waals surface area contributed by atoms with E-state index in [0.717, 1.165) is 6.42 Å². The number of terminal acetylenes is 1. The predicted octanol–water partition coefficient (Wildman–Crippen LogP) is 4.42. The Balaban J connectivity index is 1.75. The van der Waals surface area contributed by atoms with Crippen LogP contribution in [0.3, 0.4) is 0 Å². The molecule has 3 aliphatic rings. The maximum absolute atomic E-state index is 9.70. The van der Waals surface area contributed by atoms with Gasteiger partial charge in [-0.2, -0.15) is 0 Å². The Morgan fingerprint density at radius 1 is 1.29 bits per heavy atom. The molecular weight excluding hydrogens is 256 g/mol. The van der Waals surface area contributed by atoms with Crippen LogP contribution in [-0.4, -0.2) is 5.11 Å². The van der Waals surface area contributed by atoms with Crippen molar-refractivity contribution in [3.05, 3.63) is 41.0 Å². The van der Waals surface area contributed by atoms with Gasteiger partial charge in [0.15, 0.2) is 0 Å². The molecule has 1 heteroatoms. The summed E-state index contributed by atoms with van der Waals surface area (Å²) in [5, 5.41) is 9.70. The molecule has 108 valence electrons. The molecule has 3 aliphatic carbocycles. The minimum atomic E-state index is 0.311. The third-order valence-corrected chi connectivity index (χ3v) is 6.37. The summed E-state index contributed by atoms with van der Waals surface area (Å²) in [6.07, 6.45) is 14.1. The monoisotopic (exact) mass is 278 g/mol. The van der Waals surface area contributed by atoms with E-state index >= 15 is 0 Å². The Hall–Kier alpha value is -1.68. The standard InChI is InChI=1S/C20H22O/c1-3-14-5-9-19-18-7-4-13-12-15(21)6-8-16(13)17(18)10-11-20(14,19)2/h1,6-8,12,14,17,19,21H,4-5,9-11H2,2H3/t14-,17?,19?,20+/m0/s1. The number of hydrogen-bond acceptors (Lipinski definition) is 1. The molecule has 21 heavy (non-hydrogen) atoms. The van der Waals surface area contributed by atoms with E-state index in [0.29, 0.717) is 28.9 Å². The first-order valence-electron chi connectivity index (χ1n) is 8.11. The maximum Gasteiger partial charge on any atom is 0.115 e. The van der Waals surface area contributed by atoms with Gasteiger partial charge in [0.25, 0.3) is 0 Å². The normalized spacial score (nSPS) is 37.0. The van der Waals surface area contributed by atoms with Gasteiger partial charge in [-0.3, -0.25) is 0 Å². The van der Waals surface area contributed by atoms with Gasteiger partial charge in [0.05, 0.1) is 0 Å². The molecule has 1 N–H and O–H groups in total. The van der Waals surface area contributed by atoms with Crippen LogP contribution in [0.4, 0.5) is 0 Å². The Labute approximate surface area is 127 Å². The van der Waals surface area contributed by atoms with Crippen molar-refractivity contribution in [2.24, 2.45) is 17.3 Å². The molecule has 0 bridgehead atoms. The molecule has 1 aromatic carbocycles. The lowest BCUT2D eigenvalue weighted by Crippen LogP contribution is -2.36. The second-order valence-electron chi connectivity index (χ2n) is 7.24. The summed E-state index contributed by atoms with van der Waals surface area (Å²) in [6, 6.07) is 5.92. The number of allylic oxidation sites excluding steroid dienone is 2. The van der Waals surface area contributed by atoms with Crippen LogP contribution in [0.2, 0.25) is 0 Å². The number of rotatable bonds is 0. The van der Waals surface area contributed by atoms with Crippen molar-refractivity contribution in [1.82, 2.24) is 0 Å². The first kappa shape index (κ1) is 13.0. The highest BCUT2D eigenvalue weighted by molar-refractivity contribution is 5.47. The lowest BCUT2D eigenvalue weighted by atomic mass is 9.58. The van der Waals surface area contributed by atoms with E-state index in [1.54, 1.807) is 5.57 Å². The summed E-state index contributed by atoms with van der Waals surface area (Å²) < 4.78 is 0. The van der Waals surface area contributed by atoms with Crippen LogP contribution in [0.5, 0.6) is 5.75 Å². The summed E-state index contributed by atoms with van der Waals surface area (Å²) >= 11 is 0. The maximum atomic E-state index is 9.70. The van der Waals surface area contributed by atoms with Crippen LogP contribution in [0.15, 0.2) is 29.8 Å². The van der Waals surface area contributed by atoms with E-state index in [4.69, 9.17) is 6.42 Å². The zero-order chi connectivity index (χ0) is 14.6. The van der Waals surface area contributed by atoms with E-state index in [1.807, 2.05) is 12.1 Å². The first-order chi connectivity index (χ1) is 10.1. The van der Waals surface area contributed by atoms with Crippen molar-refractivity contribution in [1.29, 1.82) is 0 Å². The highest BCUT2D eigenvalue weighted by atomic mass is 16.3. The van der Waals surface area contributed by atoms with Gasteiger partial charge >= 0.3 is 0 Å². The van der Waals surface area contributed by atoms with Crippen molar-refractivity contribution < 1.29 is 5.11 Å². The van der Waals surface area contributed by atoms with Gasteiger partial charge in [0, 0.05) is 11.8 Å². The van der Waals surface area contributed by atoms with Crippen LogP contribution in [-0.2, 0) is 6.42 Å². The van der Waals surface area contributed by atoms with E-state index in [9.17, 15) is 5.11 Å². The average Bonchev–Trinajstić information content (AvgIpc) is 2.83. The molecule has 4 atom stereocenters. The van der Waals surface area contributed by atoms with Gasteiger partial charge in [-0.05, 0) is 66.7 Å². The van der Waals surface area contributed by atoms with Crippen LogP contribution in [0.1, 0.15) is 49.7 Å². The number of hydrogen-bond donors (Lipinski definition) is 1. The molecular formula is C20H22O. The van der Waals surface area contributed by atoms with Crippen LogP contribution in [0.25, 0.3) is 0 Å². The van der Waals surface area contributed by atoms with Crippen LogP contribution >= 0.6 is 0 Å². The molecule has 0 radical (unpaired) electrons. The smallest absolute Gasteiger partial charge is 0.115 e. The molecule has 0 amide bonds. The third kappa shape index (κ3) is 1.72. The molecule has 2 saturated carbocycles. The van der Waals surface area contributed by atoms with Crippen LogP contribution in [0, 0.1) is 29.6 Å². The molecule has 0 aliphatic heterocycles. The fourth-order valence-electron chi connectivity index (χ4n) is 5.23. The predicted molar refractivity (Wildman–Crippen MR) is 85.0 cm³/mol. The number of fused-ring (bicyclic) bond motifs is 5. The number of benzene rings is 1. The quantitative estimate of drug-likeness (QED) is 0.550. The Morgan fingerprint density at radius 2 is 2.14 bits per heavy atom. The van der Waals surface area contributed by atoms with Crippen molar-refractivity contribution >= 4 is 0 Å². The second kappa shape index (κ2) is 4.41. The van der Waals surface area contributed by atoms with Crippen molar-refractivity contribution in [3.8, 4) is 18.1 Å². The third-order valence-electron chi connectivity index (χ3n) is 6.37. The fourth-order valence-corrected chi connectivity index (χ4v) is 5.23. The Kier molecular flexibility index (Phi) is 2.73.